The number of hydrogen-bond donors (Lipinski definition) is 0. The molecule has 6 heteroatoms. The molecule has 78 valence electrons. The van der Waals surface area contributed by atoms with E-state index in [4.69, 9.17) is 0 Å². The van der Waals surface area contributed by atoms with Crippen LogP contribution in [-0.4, -0.2) is 16.0 Å². The number of thiazole rings is 2. The second-order valence-electron chi connectivity index (χ2n) is 3.16. The predicted molar refractivity (Wildman–Crippen MR) is 62.9 cm³/mol. The highest BCUT2D eigenvalue weighted by atomic mass is 32.1. The van der Waals surface area contributed by atoms with Crippen LogP contribution in [0.4, 0.5) is 5.13 Å². The molecule has 4 nitrogen and oxygen atoms in total. The van der Waals surface area contributed by atoms with Gasteiger partial charge in [0.2, 0.25) is 5.13 Å². The van der Waals surface area contributed by atoms with Crippen LogP contribution in [0.25, 0.3) is 10.7 Å². The minimum Gasteiger partial charge on any atom is -0.243 e. The van der Waals surface area contributed by atoms with Crippen LogP contribution < -0.4 is 0 Å². The monoisotopic (exact) mass is 238 g/mol. The number of nitrogens with zero attached hydrogens (tertiary/aromatic N) is 4. The van der Waals surface area contributed by atoms with Gasteiger partial charge >= 0.3 is 0 Å². The quantitative estimate of drug-likeness (QED) is 0.764. The molecule has 0 fully saturated rings. The molecule has 0 aliphatic heterocycles. The fraction of sp³-hybridized carbons (Fsp3) is 0.333. The van der Waals surface area contributed by atoms with Crippen molar-refractivity contribution in [1.29, 1.82) is 0 Å². The predicted octanol–water partition coefficient (Wildman–Crippen LogP) is 3.76. The summed E-state index contributed by atoms with van der Waals surface area (Å²) in [6.07, 6.45) is 1.77. The van der Waals surface area contributed by atoms with Gasteiger partial charge in [-0.2, -0.15) is 5.11 Å². The van der Waals surface area contributed by atoms with Crippen LogP contribution in [0.15, 0.2) is 27.2 Å². The van der Waals surface area contributed by atoms with E-state index >= 15 is 0 Å². The van der Waals surface area contributed by atoms with Gasteiger partial charge in [0.1, 0.15) is 10.7 Å². The third-order valence-electron chi connectivity index (χ3n) is 1.52. The fourth-order valence-electron chi connectivity index (χ4n) is 0.923. The molecular weight excluding hydrogens is 228 g/mol. The first kappa shape index (κ1) is 10.4. The zero-order chi connectivity index (χ0) is 10.7. The lowest BCUT2D eigenvalue weighted by Crippen LogP contribution is -1.83. The van der Waals surface area contributed by atoms with E-state index in [0.717, 1.165) is 10.7 Å². The highest BCUT2D eigenvalue weighted by molar-refractivity contribution is 7.15. The minimum atomic E-state index is 0.206. The van der Waals surface area contributed by atoms with Crippen LogP contribution in [0.1, 0.15) is 13.8 Å². The van der Waals surface area contributed by atoms with E-state index in [-0.39, 0.29) is 6.04 Å². The van der Waals surface area contributed by atoms with Crippen molar-refractivity contribution >= 4 is 27.8 Å². The van der Waals surface area contributed by atoms with Gasteiger partial charge in [0.15, 0.2) is 0 Å². The van der Waals surface area contributed by atoms with E-state index in [1.165, 1.54) is 11.3 Å². The van der Waals surface area contributed by atoms with Gasteiger partial charge in [-0.15, -0.1) is 27.8 Å². The lowest BCUT2D eigenvalue weighted by atomic mass is 10.4. The van der Waals surface area contributed by atoms with Crippen molar-refractivity contribution < 1.29 is 0 Å². The average molecular weight is 238 g/mol. The second kappa shape index (κ2) is 4.59. The number of aromatic nitrogens is 2. The molecule has 0 aromatic carbocycles. The maximum absolute atomic E-state index is 4.33. The van der Waals surface area contributed by atoms with Crippen LogP contribution in [0, 0.1) is 0 Å². The zero-order valence-corrected chi connectivity index (χ0v) is 10.0. The van der Waals surface area contributed by atoms with Crippen LogP contribution in [0.3, 0.4) is 0 Å². The normalized spacial score (nSPS) is 11.7. The summed E-state index contributed by atoms with van der Waals surface area (Å²) in [5, 5.41) is 13.6. The molecule has 0 spiro atoms. The molecule has 15 heavy (non-hydrogen) atoms. The van der Waals surface area contributed by atoms with Crippen molar-refractivity contribution in [2.75, 3.05) is 0 Å². The maximum Gasteiger partial charge on any atom is 0.230 e. The molecular formula is C9H10N4S2. The molecule has 2 rings (SSSR count). The summed E-state index contributed by atoms with van der Waals surface area (Å²) in [6, 6.07) is 0.206. The zero-order valence-electron chi connectivity index (χ0n) is 8.41. The maximum atomic E-state index is 4.33. The topological polar surface area (TPSA) is 50.5 Å². The van der Waals surface area contributed by atoms with Gasteiger partial charge in [0.05, 0.1) is 6.04 Å². The lowest BCUT2D eigenvalue weighted by molar-refractivity contribution is 0.778. The molecule has 2 aromatic rings. The van der Waals surface area contributed by atoms with Crippen molar-refractivity contribution in [3.8, 4) is 10.7 Å². The molecule has 0 amide bonds. The minimum absolute atomic E-state index is 0.206. The molecule has 0 aliphatic carbocycles. The van der Waals surface area contributed by atoms with E-state index in [1.54, 1.807) is 17.5 Å². The Morgan fingerprint density at radius 3 is 2.87 bits per heavy atom. The van der Waals surface area contributed by atoms with Gasteiger partial charge in [0, 0.05) is 17.0 Å². The molecule has 0 N–H and O–H groups in total. The Morgan fingerprint density at radius 2 is 2.20 bits per heavy atom. The molecule has 0 atom stereocenters. The standard InChI is InChI=1S/C9H10N4S2/c1-6(2)12-13-9-11-7(5-15-9)8-10-3-4-14-8/h3-6H,1-2H3. The molecule has 0 unspecified atom stereocenters. The van der Waals surface area contributed by atoms with Crippen LogP contribution in [0.2, 0.25) is 0 Å². The van der Waals surface area contributed by atoms with E-state index in [1.807, 2.05) is 24.6 Å². The van der Waals surface area contributed by atoms with Crippen molar-refractivity contribution in [3.05, 3.63) is 17.0 Å². The Morgan fingerprint density at radius 1 is 1.33 bits per heavy atom. The molecule has 0 bridgehead atoms. The lowest BCUT2D eigenvalue weighted by Gasteiger charge is -1.89. The average Bonchev–Trinajstić information content (AvgIpc) is 2.85. The number of rotatable bonds is 3. The number of hydrogen-bond acceptors (Lipinski definition) is 6. The SMILES string of the molecule is CC(C)N=Nc1nc(-c2nccs2)cs1. The molecule has 0 saturated carbocycles. The molecule has 0 saturated heterocycles. The summed E-state index contributed by atoms with van der Waals surface area (Å²) in [5.41, 5.74) is 0.882. The highest BCUT2D eigenvalue weighted by Gasteiger charge is 2.05. The highest BCUT2D eigenvalue weighted by Crippen LogP contribution is 2.28. The van der Waals surface area contributed by atoms with Crippen molar-refractivity contribution in [3.63, 3.8) is 0 Å². The number of azo groups is 1. The van der Waals surface area contributed by atoms with Crippen molar-refractivity contribution in [1.82, 2.24) is 9.97 Å². The molecule has 0 radical (unpaired) electrons. The van der Waals surface area contributed by atoms with Crippen molar-refractivity contribution in [2.45, 2.75) is 19.9 Å². The van der Waals surface area contributed by atoms with Gasteiger partial charge in [-0.05, 0) is 13.8 Å². The third-order valence-corrected chi connectivity index (χ3v) is 3.04. The van der Waals surface area contributed by atoms with Gasteiger partial charge in [-0.25, -0.2) is 9.97 Å². The summed E-state index contributed by atoms with van der Waals surface area (Å²) in [6.45, 7) is 3.97. The van der Waals surface area contributed by atoms with Crippen LogP contribution in [-0.2, 0) is 0 Å². The van der Waals surface area contributed by atoms with E-state index in [2.05, 4.69) is 20.2 Å². The summed E-state index contributed by atoms with van der Waals surface area (Å²) in [5.74, 6) is 0. The summed E-state index contributed by atoms with van der Waals surface area (Å²) < 4.78 is 0. The first-order valence-corrected chi connectivity index (χ1v) is 6.28. The Bertz CT molecular complexity index is 444. The van der Waals surface area contributed by atoms with Gasteiger partial charge in [-0.1, -0.05) is 0 Å². The van der Waals surface area contributed by atoms with Crippen molar-refractivity contribution in [2.24, 2.45) is 10.2 Å². The van der Waals surface area contributed by atoms with E-state index in [0.29, 0.717) is 5.13 Å². The van der Waals surface area contributed by atoms with E-state index < -0.39 is 0 Å². The van der Waals surface area contributed by atoms with Gasteiger partial charge < -0.3 is 0 Å². The summed E-state index contributed by atoms with van der Waals surface area (Å²) >= 11 is 3.06. The Hall–Kier alpha value is -1.14. The summed E-state index contributed by atoms with van der Waals surface area (Å²) in [4.78, 5) is 8.52. The largest absolute Gasteiger partial charge is 0.243 e. The second-order valence-corrected chi connectivity index (χ2v) is 4.89. The van der Waals surface area contributed by atoms with E-state index in [9.17, 15) is 0 Å². The smallest absolute Gasteiger partial charge is 0.230 e. The van der Waals surface area contributed by atoms with Gasteiger partial charge in [-0.3, -0.25) is 0 Å². The molecule has 2 aromatic heterocycles. The molecule has 2 heterocycles. The Kier molecular flexibility index (Phi) is 3.17. The van der Waals surface area contributed by atoms with Crippen LogP contribution >= 0.6 is 22.7 Å². The Labute approximate surface area is 95.8 Å². The fourth-order valence-corrected chi connectivity index (χ4v) is 2.22. The third kappa shape index (κ3) is 2.66. The molecule has 0 aliphatic rings. The first-order valence-electron chi connectivity index (χ1n) is 4.52. The summed E-state index contributed by atoms with van der Waals surface area (Å²) in [7, 11) is 0. The first-order chi connectivity index (χ1) is 7.25. The van der Waals surface area contributed by atoms with Gasteiger partial charge in [0.25, 0.3) is 0 Å². The Balaban J connectivity index is 2.18. The van der Waals surface area contributed by atoms with Crippen LogP contribution in [0.5, 0.6) is 0 Å².